The fraction of sp³-hybridized carbons (Fsp3) is 1.00. The van der Waals surface area contributed by atoms with Gasteiger partial charge in [0.05, 0.1) is 0 Å². The van der Waals surface area contributed by atoms with Crippen molar-refractivity contribution in [3.63, 3.8) is 0 Å². The highest BCUT2D eigenvalue weighted by Crippen LogP contribution is 2.26. The van der Waals surface area contributed by atoms with Gasteiger partial charge in [-0.25, -0.2) is 0 Å². The minimum Gasteiger partial charge on any atom is -0.296 e. The van der Waals surface area contributed by atoms with Crippen LogP contribution in [0, 0.1) is 0 Å². The van der Waals surface area contributed by atoms with Gasteiger partial charge in [-0.15, -0.1) is 11.8 Å². The number of hydrogen-bond donors (Lipinski definition) is 1. The van der Waals surface area contributed by atoms with E-state index in [1.807, 2.05) is 0 Å². The molecule has 0 aromatic carbocycles. The number of hydrogen-bond acceptors (Lipinski definition) is 2. The average molecular weight is 157 g/mol. The number of alkyl halides is 3. The number of rotatable bonds is 0. The zero-order chi connectivity index (χ0) is 6.91. The smallest absolute Gasteiger partial charge is 0.296 e. The number of nitrogens with one attached hydrogen (secondary N) is 1. The molecule has 0 saturated carbocycles. The summed E-state index contributed by atoms with van der Waals surface area (Å²) in [6.07, 6.45) is -4.05. The Hall–Kier alpha value is 0.1000. The van der Waals surface area contributed by atoms with Gasteiger partial charge < -0.3 is 0 Å². The maximum absolute atomic E-state index is 11.7. The lowest BCUT2D eigenvalue weighted by Gasteiger charge is -2.12. The van der Waals surface area contributed by atoms with Crippen LogP contribution in [0.1, 0.15) is 0 Å². The quantitative estimate of drug-likeness (QED) is 0.567. The molecule has 1 N–H and O–H groups in total. The van der Waals surface area contributed by atoms with Crippen LogP contribution in [-0.4, -0.2) is 23.8 Å². The summed E-state index contributed by atoms with van der Waals surface area (Å²) in [6.45, 7) is 0. The molecule has 1 nitrogen and oxygen atoms in total. The van der Waals surface area contributed by atoms with Gasteiger partial charge in [-0.05, 0) is 0 Å². The van der Waals surface area contributed by atoms with Crippen molar-refractivity contribution in [3.05, 3.63) is 0 Å². The van der Waals surface area contributed by atoms with Gasteiger partial charge >= 0.3 is 6.18 Å². The standard InChI is InChI=1S/C4H6F3NS/c5-4(6,7)3-1-9-2-8-3/h3,8H,1-2H2. The normalized spacial score (nSPS) is 29.0. The molecular formula is C4H6F3NS. The van der Waals surface area contributed by atoms with E-state index in [1.165, 1.54) is 11.8 Å². The van der Waals surface area contributed by atoms with E-state index in [9.17, 15) is 13.2 Å². The summed E-state index contributed by atoms with van der Waals surface area (Å²) in [5.41, 5.74) is 0. The van der Waals surface area contributed by atoms with E-state index >= 15 is 0 Å². The molecule has 1 aliphatic heterocycles. The molecule has 1 unspecified atom stereocenters. The van der Waals surface area contributed by atoms with Crippen LogP contribution in [0.5, 0.6) is 0 Å². The topological polar surface area (TPSA) is 12.0 Å². The van der Waals surface area contributed by atoms with E-state index in [1.54, 1.807) is 0 Å². The second kappa shape index (κ2) is 2.38. The first kappa shape index (κ1) is 7.21. The molecule has 1 heterocycles. The molecule has 1 atom stereocenters. The van der Waals surface area contributed by atoms with Crippen LogP contribution in [-0.2, 0) is 0 Å². The van der Waals surface area contributed by atoms with Crippen LogP contribution in [0.2, 0.25) is 0 Å². The number of halogens is 3. The van der Waals surface area contributed by atoms with Crippen LogP contribution in [0.4, 0.5) is 13.2 Å². The van der Waals surface area contributed by atoms with Gasteiger partial charge in [0.1, 0.15) is 6.04 Å². The molecule has 54 valence electrons. The van der Waals surface area contributed by atoms with Gasteiger partial charge in [-0.2, -0.15) is 13.2 Å². The lowest BCUT2D eigenvalue weighted by atomic mass is 10.3. The largest absolute Gasteiger partial charge is 0.404 e. The number of thioether (sulfide) groups is 1. The molecule has 0 amide bonds. The van der Waals surface area contributed by atoms with E-state index in [2.05, 4.69) is 5.32 Å². The first-order valence-electron chi connectivity index (χ1n) is 2.48. The van der Waals surface area contributed by atoms with Crippen molar-refractivity contribution in [1.29, 1.82) is 0 Å². The van der Waals surface area contributed by atoms with Crippen LogP contribution < -0.4 is 5.32 Å². The van der Waals surface area contributed by atoms with Crippen molar-refractivity contribution in [3.8, 4) is 0 Å². The van der Waals surface area contributed by atoms with Gasteiger partial charge in [0.2, 0.25) is 0 Å². The third-order valence-corrected chi connectivity index (χ3v) is 2.05. The van der Waals surface area contributed by atoms with Gasteiger partial charge in [-0.1, -0.05) is 0 Å². The summed E-state index contributed by atoms with van der Waals surface area (Å²) in [5.74, 6) is 0.577. The fourth-order valence-corrected chi connectivity index (χ4v) is 1.58. The molecule has 1 fully saturated rings. The monoisotopic (exact) mass is 157 g/mol. The summed E-state index contributed by atoms with van der Waals surface area (Å²) in [7, 11) is 0. The SMILES string of the molecule is FC(F)(F)C1CSCN1. The molecule has 0 aliphatic carbocycles. The Morgan fingerprint density at radius 3 is 2.33 bits per heavy atom. The van der Waals surface area contributed by atoms with E-state index < -0.39 is 12.2 Å². The maximum atomic E-state index is 11.7. The molecular weight excluding hydrogens is 151 g/mol. The fourth-order valence-electron chi connectivity index (χ4n) is 0.605. The Balaban J connectivity index is 2.42. The highest BCUT2D eigenvalue weighted by molar-refractivity contribution is 7.99. The molecule has 9 heavy (non-hydrogen) atoms. The molecule has 0 aromatic rings. The predicted octanol–water partition coefficient (Wildman–Crippen LogP) is 1.21. The highest BCUT2D eigenvalue weighted by Gasteiger charge is 2.41. The lowest BCUT2D eigenvalue weighted by Crippen LogP contribution is -2.39. The maximum Gasteiger partial charge on any atom is 0.404 e. The van der Waals surface area contributed by atoms with E-state index in [0.717, 1.165) is 0 Å². The van der Waals surface area contributed by atoms with Crippen molar-refractivity contribution in [2.75, 3.05) is 11.6 Å². The average Bonchev–Trinajstić information content (AvgIpc) is 2.08. The first-order valence-corrected chi connectivity index (χ1v) is 3.64. The molecule has 0 spiro atoms. The highest BCUT2D eigenvalue weighted by atomic mass is 32.2. The summed E-state index contributed by atoms with van der Waals surface area (Å²) in [5, 5.41) is 2.33. The summed E-state index contributed by atoms with van der Waals surface area (Å²) >= 11 is 1.28. The zero-order valence-corrected chi connectivity index (χ0v) is 5.35. The minimum atomic E-state index is -4.05. The van der Waals surface area contributed by atoms with Gasteiger partial charge in [0.25, 0.3) is 0 Å². The van der Waals surface area contributed by atoms with Gasteiger partial charge in [0.15, 0.2) is 0 Å². The predicted molar refractivity (Wildman–Crippen MR) is 30.3 cm³/mol. The van der Waals surface area contributed by atoms with Crippen molar-refractivity contribution >= 4 is 11.8 Å². The summed E-state index contributed by atoms with van der Waals surface area (Å²) in [4.78, 5) is 0. The summed E-state index contributed by atoms with van der Waals surface area (Å²) < 4.78 is 35.1. The first-order chi connectivity index (χ1) is 4.11. The third kappa shape index (κ3) is 1.76. The van der Waals surface area contributed by atoms with E-state index in [0.29, 0.717) is 5.88 Å². The Morgan fingerprint density at radius 2 is 2.11 bits per heavy atom. The van der Waals surface area contributed by atoms with Gasteiger partial charge in [-0.3, -0.25) is 5.32 Å². The van der Waals surface area contributed by atoms with E-state index in [-0.39, 0.29) is 5.75 Å². The Bertz CT molecular complexity index is 96.5. The van der Waals surface area contributed by atoms with Crippen molar-refractivity contribution in [2.45, 2.75) is 12.2 Å². The lowest BCUT2D eigenvalue weighted by molar-refractivity contribution is -0.147. The van der Waals surface area contributed by atoms with Crippen LogP contribution in [0.3, 0.4) is 0 Å². The molecule has 0 bridgehead atoms. The molecule has 1 aliphatic rings. The van der Waals surface area contributed by atoms with Crippen LogP contribution in [0.25, 0.3) is 0 Å². The van der Waals surface area contributed by atoms with Crippen LogP contribution in [0.15, 0.2) is 0 Å². The van der Waals surface area contributed by atoms with E-state index in [4.69, 9.17) is 0 Å². The Kier molecular flexibility index (Phi) is 1.91. The van der Waals surface area contributed by atoms with Crippen molar-refractivity contribution < 1.29 is 13.2 Å². The Morgan fingerprint density at radius 1 is 1.44 bits per heavy atom. The van der Waals surface area contributed by atoms with Crippen LogP contribution >= 0.6 is 11.8 Å². The molecule has 0 radical (unpaired) electrons. The molecule has 1 rings (SSSR count). The molecule has 1 saturated heterocycles. The molecule has 0 aromatic heterocycles. The van der Waals surface area contributed by atoms with Gasteiger partial charge in [0, 0.05) is 11.6 Å². The van der Waals surface area contributed by atoms with Crippen molar-refractivity contribution in [1.82, 2.24) is 5.32 Å². The zero-order valence-electron chi connectivity index (χ0n) is 4.53. The van der Waals surface area contributed by atoms with Crippen molar-refractivity contribution in [2.24, 2.45) is 0 Å². The molecule has 5 heteroatoms. The third-order valence-electron chi connectivity index (χ3n) is 1.11. The summed E-state index contributed by atoms with van der Waals surface area (Å²) in [6, 6.07) is -1.28. The second-order valence-corrected chi connectivity index (χ2v) is 2.84. The minimum absolute atomic E-state index is 0.156. The Labute approximate surface area is 55.0 Å². The second-order valence-electron chi connectivity index (χ2n) is 1.81.